The van der Waals surface area contributed by atoms with Crippen LogP contribution in [0.2, 0.25) is 0 Å². The number of aliphatic hydroxyl groups excluding tert-OH is 2. The number of ketones is 2. The fraction of sp³-hybridized carbons (Fsp3) is 0.300. The number of nitrogens with two attached hydrogens (primary N) is 1. The number of phenolic OH excluding ortho intramolecular Hbond substituents is 1. The third-order valence-corrected chi connectivity index (χ3v) is 8.00. The van der Waals surface area contributed by atoms with Gasteiger partial charge >= 0.3 is 0 Å². The molecule has 1 amide bonds. The minimum Gasteiger partial charge on any atom is -0.508 e. The van der Waals surface area contributed by atoms with Gasteiger partial charge in [-0.3, -0.25) is 19.3 Å². The molecule has 9 nitrogen and oxygen atoms in total. The second-order valence-corrected chi connectivity index (χ2v) is 10.6. The number of aliphatic hydroxyl groups is 3. The highest BCUT2D eigenvalue weighted by Gasteiger charge is 2.64. The molecule has 2 aromatic rings. The number of Topliss-reactive ketones (excluding diaryl/α,β-unsaturated/α-hetero) is 2. The summed E-state index contributed by atoms with van der Waals surface area (Å²) in [5.41, 5.74) is 4.61. The first-order chi connectivity index (χ1) is 18.4. The van der Waals surface area contributed by atoms with E-state index in [2.05, 4.69) is 11.8 Å². The number of carbonyl (C=O) groups is 3. The van der Waals surface area contributed by atoms with Crippen LogP contribution in [0, 0.1) is 30.6 Å². The van der Waals surface area contributed by atoms with Crippen LogP contribution >= 0.6 is 0 Å². The predicted octanol–water partition coefficient (Wildman–Crippen LogP) is 1.67. The molecule has 0 bridgehead atoms. The quantitative estimate of drug-likeness (QED) is 0.291. The van der Waals surface area contributed by atoms with E-state index in [1.54, 1.807) is 20.2 Å². The monoisotopic (exact) mass is 528 g/mol. The van der Waals surface area contributed by atoms with Crippen molar-refractivity contribution >= 4 is 23.2 Å². The van der Waals surface area contributed by atoms with E-state index < -0.39 is 58.0 Å². The van der Waals surface area contributed by atoms with Crippen LogP contribution in [-0.4, -0.2) is 68.5 Å². The number of phenols is 1. The standard InChI is InChI=1S/C30H28N2O7/c1-14-4-6-15(7-5-14)8-9-16-10-11-20(33)22-18(16)12-17-13-19-24(32(2)3)26(35)23(29(31)38)28(37)30(19,39)27(36)21(17)25(22)34/h4-7,10-11,17,19,24,33-34,37,39H,12-13H2,1-3H3,(H2,31,38)/t17?,19?,24-,30-/m0/s1. The molecule has 4 atom stereocenters. The SMILES string of the molecule is Cc1ccc(C#Cc2ccc(O)c3c2CC2CC4[C@H](N(C)C)C(=O)C(C(N)=O)=C(O)[C@@]4(O)C(=O)C2=C3O)cc1. The number of likely N-dealkylation sites (N-methyl/N-ethyl adjacent to an activating group) is 1. The van der Waals surface area contributed by atoms with Crippen LogP contribution in [0.5, 0.6) is 5.75 Å². The summed E-state index contributed by atoms with van der Waals surface area (Å²) in [4.78, 5) is 40.6. The molecule has 0 aromatic heterocycles. The fourth-order valence-corrected chi connectivity index (χ4v) is 6.14. The Morgan fingerprint density at radius 3 is 2.33 bits per heavy atom. The maximum absolute atomic E-state index is 13.9. The average molecular weight is 529 g/mol. The average Bonchev–Trinajstić information content (AvgIpc) is 2.86. The van der Waals surface area contributed by atoms with E-state index in [0.717, 1.165) is 11.1 Å². The lowest BCUT2D eigenvalue weighted by Crippen LogP contribution is -2.65. The van der Waals surface area contributed by atoms with Crippen LogP contribution < -0.4 is 5.73 Å². The number of nitrogens with zero attached hydrogens (tertiary/aromatic N) is 1. The third kappa shape index (κ3) is 3.83. The highest BCUT2D eigenvalue weighted by molar-refractivity contribution is 6.24. The first-order valence-electron chi connectivity index (χ1n) is 12.5. The maximum Gasteiger partial charge on any atom is 0.255 e. The Bertz CT molecular complexity index is 1570. The molecule has 1 saturated carbocycles. The minimum absolute atomic E-state index is 0.0157. The van der Waals surface area contributed by atoms with Crippen molar-refractivity contribution in [2.75, 3.05) is 14.1 Å². The van der Waals surface area contributed by atoms with Gasteiger partial charge in [0.25, 0.3) is 5.91 Å². The number of aryl methyl sites for hydroxylation is 1. The van der Waals surface area contributed by atoms with E-state index in [9.17, 15) is 34.8 Å². The van der Waals surface area contributed by atoms with Crippen molar-refractivity contribution in [1.82, 2.24) is 4.90 Å². The topological polar surface area (TPSA) is 161 Å². The van der Waals surface area contributed by atoms with Crippen LogP contribution in [-0.2, 0) is 20.8 Å². The van der Waals surface area contributed by atoms with Crippen molar-refractivity contribution in [1.29, 1.82) is 0 Å². The number of primary amides is 1. The smallest absolute Gasteiger partial charge is 0.255 e. The van der Waals surface area contributed by atoms with Crippen LogP contribution in [0.25, 0.3) is 5.76 Å². The van der Waals surface area contributed by atoms with Crippen molar-refractivity contribution in [2.45, 2.75) is 31.4 Å². The van der Waals surface area contributed by atoms with Gasteiger partial charge in [0.1, 0.15) is 22.8 Å². The molecule has 0 aliphatic heterocycles. The first kappa shape index (κ1) is 26.2. The summed E-state index contributed by atoms with van der Waals surface area (Å²) in [6.45, 7) is 1.97. The lowest BCUT2D eigenvalue weighted by atomic mass is 9.57. The number of benzene rings is 2. The van der Waals surface area contributed by atoms with Crippen molar-refractivity contribution < 1.29 is 34.8 Å². The Kier molecular flexibility index (Phi) is 6.13. The van der Waals surface area contributed by atoms with Crippen LogP contribution in [0.1, 0.15) is 34.2 Å². The summed E-state index contributed by atoms with van der Waals surface area (Å²) < 4.78 is 0. The molecule has 1 fully saturated rings. The predicted molar refractivity (Wildman–Crippen MR) is 141 cm³/mol. The largest absolute Gasteiger partial charge is 0.508 e. The number of hydrogen-bond donors (Lipinski definition) is 5. The maximum atomic E-state index is 13.9. The van der Waals surface area contributed by atoms with Crippen molar-refractivity contribution in [3.05, 3.63) is 81.1 Å². The van der Waals surface area contributed by atoms with Crippen molar-refractivity contribution in [2.24, 2.45) is 17.6 Å². The second-order valence-electron chi connectivity index (χ2n) is 10.6. The number of aromatic hydroxyl groups is 1. The minimum atomic E-state index is -2.66. The summed E-state index contributed by atoms with van der Waals surface area (Å²) in [7, 11) is 3.12. The molecule has 9 heteroatoms. The van der Waals surface area contributed by atoms with E-state index in [0.29, 0.717) is 11.1 Å². The number of rotatable bonds is 2. The van der Waals surface area contributed by atoms with Crippen LogP contribution in [0.3, 0.4) is 0 Å². The third-order valence-electron chi connectivity index (χ3n) is 8.00. The Labute approximate surface area is 224 Å². The van der Waals surface area contributed by atoms with E-state index >= 15 is 0 Å². The van der Waals surface area contributed by atoms with Gasteiger partial charge in [-0.2, -0.15) is 0 Å². The van der Waals surface area contributed by atoms with E-state index in [4.69, 9.17) is 5.73 Å². The molecule has 0 saturated heterocycles. The van der Waals surface area contributed by atoms with Gasteiger partial charge in [-0.1, -0.05) is 29.5 Å². The second kappa shape index (κ2) is 9.12. The zero-order valence-corrected chi connectivity index (χ0v) is 21.6. The number of hydrogen-bond acceptors (Lipinski definition) is 8. The van der Waals surface area contributed by atoms with E-state index in [-0.39, 0.29) is 29.7 Å². The molecular weight excluding hydrogens is 500 g/mol. The van der Waals surface area contributed by atoms with Gasteiger partial charge in [-0.15, -0.1) is 0 Å². The van der Waals surface area contributed by atoms with E-state index in [1.165, 1.54) is 11.0 Å². The lowest BCUT2D eigenvalue weighted by molar-refractivity contribution is -0.153. The van der Waals surface area contributed by atoms with E-state index in [1.807, 2.05) is 31.2 Å². The summed E-state index contributed by atoms with van der Waals surface area (Å²) in [5, 5.41) is 44.5. The van der Waals surface area contributed by atoms with Gasteiger partial charge in [-0.25, -0.2) is 0 Å². The zero-order chi connectivity index (χ0) is 28.4. The van der Waals surface area contributed by atoms with Gasteiger partial charge in [0.05, 0.1) is 11.6 Å². The van der Waals surface area contributed by atoms with Gasteiger partial charge < -0.3 is 26.2 Å². The molecule has 0 spiro atoms. The number of amides is 1. The van der Waals surface area contributed by atoms with Gasteiger partial charge in [0.15, 0.2) is 11.4 Å². The van der Waals surface area contributed by atoms with Gasteiger partial charge in [0, 0.05) is 22.6 Å². The zero-order valence-electron chi connectivity index (χ0n) is 21.6. The number of carbonyl (C=O) groups excluding carboxylic acids is 3. The molecule has 5 rings (SSSR count). The highest BCUT2D eigenvalue weighted by atomic mass is 16.3. The molecular formula is C30H28N2O7. The van der Waals surface area contributed by atoms with Crippen LogP contribution in [0.15, 0.2) is 53.3 Å². The molecule has 6 N–H and O–H groups in total. The van der Waals surface area contributed by atoms with Crippen LogP contribution in [0.4, 0.5) is 0 Å². The molecule has 2 unspecified atom stereocenters. The fourth-order valence-electron chi connectivity index (χ4n) is 6.14. The summed E-state index contributed by atoms with van der Waals surface area (Å²) in [6, 6.07) is 9.50. The van der Waals surface area contributed by atoms with Crippen molar-refractivity contribution in [3.63, 3.8) is 0 Å². The molecule has 2 aromatic carbocycles. The Balaban J connectivity index is 1.68. The molecule has 3 aliphatic carbocycles. The summed E-state index contributed by atoms with van der Waals surface area (Å²) in [5.74, 6) is -0.639. The summed E-state index contributed by atoms with van der Waals surface area (Å²) in [6.07, 6.45) is 0.201. The lowest BCUT2D eigenvalue weighted by Gasteiger charge is -2.50. The Morgan fingerprint density at radius 2 is 1.72 bits per heavy atom. The Morgan fingerprint density at radius 1 is 1.05 bits per heavy atom. The Hall–Kier alpha value is -4.39. The number of fused-ring (bicyclic) bond motifs is 3. The molecule has 200 valence electrons. The van der Waals surface area contributed by atoms with Crippen molar-refractivity contribution in [3.8, 4) is 17.6 Å². The normalized spacial score (nSPS) is 26.0. The van der Waals surface area contributed by atoms with Gasteiger partial charge in [0.2, 0.25) is 5.78 Å². The highest BCUT2D eigenvalue weighted by Crippen LogP contribution is 2.52. The van der Waals surface area contributed by atoms with Gasteiger partial charge in [-0.05, 0) is 69.6 Å². The molecule has 3 aliphatic rings. The molecule has 0 heterocycles. The first-order valence-corrected chi connectivity index (χ1v) is 12.5. The molecule has 39 heavy (non-hydrogen) atoms. The summed E-state index contributed by atoms with van der Waals surface area (Å²) >= 11 is 0. The molecule has 0 radical (unpaired) electrons.